The van der Waals surface area contributed by atoms with Crippen molar-refractivity contribution in [3.05, 3.63) is 74.8 Å². The quantitative estimate of drug-likeness (QED) is 0.501. The largest absolute Gasteiger partial charge is 0.437 e. The number of halogens is 1. The van der Waals surface area contributed by atoms with E-state index in [0.29, 0.717) is 10.7 Å². The van der Waals surface area contributed by atoms with Gasteiger partial charge in [-0.2, -0.15) is 4.68 Å². The van der Waals surface area contributed by atoms with Crippen molar-refractivity contribution < 1.29 is 13.6 Å². The van der Waals surface area contributed by atoms with Crippen LogP contribution in [0, 0.1) is 26.6 Å². The highest BCUT2D eigenvalue weighted by Gasteiger charge is 2.15. The van der Waals surface area contributed by atoms with Crippen LogP contribution in [-0.4, -0.2) is 20.7 Å². The Kier molecular flexibility index (Phi) is 5.51. The number of nitrogens with zero attached hydrogens (tertiary/aromatic N) is 3. The van der Waals surface area contributed by atoms with Crippen molar-refractivity contribution in [3.63, 3.8) is 0 Å². The maximum absolute atomic E-state index is 13.1. The van der Waals surface area contributed by atoms with Gasteiger partial charge in [-0.3, -0.25) is 4.79 Å². The molecule has 1 N–H and O–H groups in total. The molecule has 0 unspecified atom stereocenters. The van der Waals surface area contributed by atoms with Crippen molar-refractivity contribution in [3.8, 4) is 22.7 Å². The highest BCUT2D eigenvalue weighted by Crippen LogP contribution is 2.29. The monoisotopic (exact) mass is 438 g/mol. The molecule has 7 nitrogen and oxygen atoms in total. The van der Waals surface area contributed by atoms with Crippen molar-refractivity contribution in [2.45, 2.75) is 27.3 Å². The normalized spacial score (nSPS) is 11.0. The average molecular weight is 438 g/mol. The lowest BCUT2D eigenvalue weighted by Crippen LogP contribution is -2.25. The van der Waals surface area contributed by atoms with Gasteiger partial charge in [0.1, 0.15) is 12.4 Å². The van der Waals surface area contributed by atoms with E-state index in [-0.39, 0.29) is 12.4 Å². The molecule has 2 heterocycles. The standard InChI is InChI=1S/C22H19FN4O3S/c1-12-8-14(3)17(9-13(12)2)18-11-31-21(24-18)25-19(28)10-27-22(29)30-20(26-27)15-4-6-16(23)7-5-15/h4-9,11H,10H2,1-3H3,(H,24,25,28). The third-order valence-corrected chi connectivity index (χ3v) is 5.62. The zero-order valence-electron chi connectivity index (χ0n) is 17.1. The average Bonchev–Trinajstić information content (AvgIpc) is 3.32. The summed E-state index contributed by atoms with van der Waals surface area (Å²) in [6, 6.07) is 9.54. The predicted molar refractivity (Wildman–Crippen MR) is 117 cm³/mol. The van der Waals surface area contributed by atoms with Crippen LogP contribution in [0.3, 0.4) is 0 Å². The number of carbonyl (C=O) groups excluding carboxylic acids is 1. The van der Waals surface area contributed by atoms with Gasteiger partial charge in [0, 0.05) is 16.5 Å². The summed E-state index contributed by atoms with van der Waals surface area (Å²) in [5.74, 6) is -1.64. The second-order valence-corrected chi connectivity index (χ2v) is 8.03. The number of hydrogen-bond acceptors (Lipinski definition) is 6. The van der Waals surface area contributed by atoms with Crippen LogP contribution in [-0.2, 0) is 11.3 Å². The van der Waals surface area contributed by atoms with Gasteiger partial charge in [0.25, 0.3) is 0 Å². The van der Waals surface area contributed by atoms with E-state index in [9.17, 15) is 14.0 Å². The number of benzene rings is 2. The Balaban J connectivity index is 1.47. The van der Waals surface area contributed by atoms with Crippen LogP contribution in [0.15, 0.2) is 51.0 Å². The molecule has 0 aliphatic rings. The summed E-state index contributed by atoms with van der Waals surface area (Å²) in [6.45, 7) is 5.80. The molecular formula is C22H19FN4O3S. The Morgan fingerprint density at radius 3 is 2.58 bits per heavy atom. The Bertz CT molecular complexity index is 1320. The number of aromatic nitrogens is 3. The number of nitrogens with one attached hydrogen (secondary N) is 1. The van der Waals surface area contributed by atoms with E-state index < -0.39 is 17.5 Å². The van der Waals surface area contributed by atoms with Gasteiger partial charge in [-0.15, -0.1) is 16.4 Å². The minimum Gasteiger partial charge on any atom is -0.388 e. The molecule has 0 spiro atoms. The predicted octanol–water partition coefficient (Wildman–Crippen LogP) is 4.33. The fourth-order valence-electron chi connectivity index (χ4n) is 3.10. The zero-order chi connectivity index (χ0) is 22.1. The molecule has 31 heavy (non-hydrogen) atoms. The fraction of sp³-hybridized carbons (Fsp3) is 0.182. The number of anilines is 1. The molecule has 9 heteroatoms. The lowest BCUT2D eigenvalue weighted by Gasteiger charge is -2.07. The number of amides is 1. The molecule has 0 fully saturated rings. The second kappa shape index (κ2) is 8.27. The summed E-state index contributed by atoms with van der Waals surface area (Å²) in [5.41, 5.74) is 5.71. The van der Waals surface area contributed by atoms with E-state index in [2.05, 4.69) is 34.5 Å². The van der Waals surface area contributed by atoms with E-state index in [1.807, 2.05) is 19.2 Å². The van der Waals surface area contributed by atoms with Crippen molar-refractivity contribution in [2.75, 3.05) is 5.32 Å². The van der Waals surface area contributed by atoms with Crippen LogP contribution < -0.4 is 11.1 Å². The Morgan fingerprint density at radius 2 is 1.84 bits per heavy atom. The van der Waals surface area contributed by atoms with Crippen molar-refractivity contribution in [1.29, 1.82) is 0 Å². The zero-order valence-corrected chi connectivity index (χ0v) is 17.9. The van der Waals surface area contributed by atoms with Crippen LogP contribution in [0.1, 0.15) is 16.7 Å². The van der Waals surface area contributed by atoms with Gasteiger partial charge in [0.2, 0.25) is 11.8 Å². The molecule has 0 radical (unpaired) electrons. The van der Waals surface area contributed by atoms with Gasteiger partial charge >= 0.3 is 5.76 Å². The summed E-state index contributed by atoms with van der Waals surface area (Å²) in [5, 5.41) is 9.00. The first-order chi connectivity index (χ1) is 14.8. The number of aryl methyl sites for hydroxylation is 3. The highest BCUT2D eigenvalue weighted by molar-refractivity contribution is 7.14. The van der Waals surface area contributed by atoms with Crippen molar-refractivity contribution in [1.82, 2.24) is 14.8 Å². The van der Waals surface area contributed by atoms with Gasteiger partial charge in [-0.25, -0.2) is 14.2 Å². The molecule has 0 saturated heterocycles. The van der Waals surface area contributed by atoms with Crippen LogP contribution >= 0.6 is 11.3 Å². The minimum absolute atomic E-state index is 0.0135. The molecule has 0 saturated carbocycles. The van der Waals surface area contributed by atoms with E-state index in [0.717, 1.165) is 21.5 Å². The minimum atomic E-state index is -0.778. The first kappa shape index (κ1) is 20.7. The van der Waals surface area contributed by atoms with E-state index in [1.54, 1.807) is 0 Å². The maximum atomic E-state index is 13.1. The molecule has 0 atom stereocenters. The Morgan fingerprint density at radius 1 is 1.13 bits per heavy atom. The first-order valence-electron chi connectivity index (χ1n) is 9.47. The molecule has 1 amide bonds. The first-order valence-corrected chi connectivity index (χ1v) is 10.4. The van der Waals surface area contributed by atoms with E-state index in [4.69, 9.17) is 4.42 Å². The van der Waals surface area contributed by atoms with Gasteiger partial charge in [-0.05, 0) is 67.8 Å². The van der Waals surface area contributed by atoms with Gasteiger partial charge in [0.05, 0.1) is 5.69 Å². The molecular weight excluding hydrogens is 419 g/mol. The van der Waals surface area contributed by atoms with Crippen molar-refractivity contribution >= 4 is 22.4 Å². The van der Waals surface area contributed by atoms with Crippen molar-refractivity contribution in [2.24, 2.45) is 0 Å². The molecule has 0 bridgehead atoms. The summed E-state index contributed by atoms with van der Waals surface area (Å²) in [7, 11) is 0. The van der Waals surface area contributed by atoms with Crippen LogP contribution in [0.2, 0.25) is 0 Å². The number of carbonyl (C=O) groups is 1. The van der Waals surface area contributed by atoms with E-state index >= 15 is 0 Å². The molecule has 2 aromatic heterocycles. The lowest BCUT2D eigenvalue weighted by molar-refractivity contribution is -0.117. The maximum Gasteiger partial charge on any atom is 0.437 e. The van der Waals surface area contributed by atoms with Gasteiger partial charge in [0.15, 0.2) is 5.13 Å². The summed E-state index contributed by atoms with van der Waals surface area (Å²) in [6.07, 6.45) is 0. The SMILES string of the molecule is Cc1cc(C)c(-c2csc(NC(=O)Cn3nc(-c4ccc(F)cc4)oc3=O)n2)cc1C. The second-order valence-electron chi connectivity index (χ2n) is 7.18. The topological polar surface area (TPSA) is 90.0 Å². The van der Waals surface area contributed by atoms with Crippen LogP contribution in [0.25, 0.3) is 22.7 Å². The molecule has 4 rings (SSSR count). The molecule has 158 valence electrons. The highest BCUT2D eigenvalue weighted by atomic mass is 32.1. The third kappa shape index (κ3) is 4.46. The molecule has 0 aliphatic carbocycles. The summed E-state index contributed by atoms with van der Waals surface area (Å²) in [4.78, 5) is 28.9. The smallest absolute Gasteiger partial charge is 0.388 e. The molecule has 0 aliphatic heterocycles. The Hall–Kier alpha value is -3.59. The van der Waals surface area contributed by atoms with Crippen LogP contribution in [0.4, 0.5) is 9.52 Å². The molecule has 4 aromatic rings. The summed E-state index contributed by atoms with van der Waals surface area (Å²) < 4.78 is 19.0. The van der Waals surface area contributed by atoms with E-state index in [1.165, 1.54) is 46.7 Å². The van der Waals surface area contributed by atoms with Crippen LogP contribution in [0.5, 0.6) is 0 Å². The number of thiazole rings is 1. The Labute approximate surface area is 181 Å². The van der Waals surface area contributed by atoms with Gasteiger partial charge < -0.3 is 9.73 Å². The number of rotatable bonds is 5. The van der Waals surface area contributed by atoms with Gasteiger partial charge in [-0.1, -0.05) is 6.07 Å². The number of hydrogen-bond donors (Lipinski definition) is 1. The lowest BCUT2D eigenvalue weighted by atomic mass is 9.99. The fourth-order valence-corrected chi connectivity index (χ4v) is 3.83. The summed E-state index contributed by atoms with van der Waals surface area (Å²) >= 11 is 1.30. The third-order valence-electron chi connectivity index (χ3n) is 4.86. The molecule has 2 aromatic carbocycles.